The molecule has 0 aliphatic rings. The van der Waals surface area contributed by atoms with Gasteiger partial charge in [0.2, 0.25) is 8.13 Å². The Kier molecular flexibility index (Phi) is 5.35. The van der Waals surface area contributed by atoms with Gasteiger partial charge in [-0.25, -0.2) is 4.68 Å². The minimum atomic E-state index is -1.89. The fraction of sp³-hybridized carbons (Fsp3) is 0.818. The fourth-order valence-corrected chi connectivity index (χ4v) is 2.20. The Bertz CT molecular complexity index is 442. The summed E-state index contributed by atoms with van der Waals surface area (Å²) in [7, 11) is 0. The predicted molar refractivity (Wildman–Crippen MR) is 82.5 cm³/mol. The van der Waals surface area contributed by atoms with Gasteiger partial charge in [0.1, 0.15) is 5.69 Å². The smallest absolute Gasteiger partial charge is 0.228 e. The average molecular weight is 368 g/mol. The molecule has 1 rings (SSSR count). The Balaban J connectivity index is 3.34. The van der Waals surface area contributed by atoms with E-state index in [1.165, 1.54) is 0 Å². The maximum Gasteiger partial charge on any atom is 0.228 e. The predicted octanol–water partition coefficient (Wildman–Crippen LogP) is 4.89. The molecule has 0 aliphatic heterocycles. The number of alkyl halides is 5. The summed E-state index contributed by atoms with van der Waals surface area (Å²) in [6, 6.07) is 0. The van der Waals surface area contributed by atoms with E-state index in [9.17, 15) is 0 Å². The first-order chi connectivity index (χ1) is 8.40. The standard InChI is InChI=1S/C11H16Cl5N3/c1-5-19-7(6-9(2,3)4)8(17-18-19)10(12,13)11(14,15)16/h5-6H2,1-4H3. The van der Waals surface area contributed by atoms with E-state index in [0.717, 1.165) is 5.69 Å². The highest BCUT2D eigenvalue weighted by Gasteiger charge is 2.51. The van der Waals surface area contributed by atoms with Gasteiger partial charge in [-0.05, 0) is 18.8 Å². The zero-order valence-corrected chi connectivity index (χ0v) is 14.9. The zero-order valence-electron chi connectivity index (χ0n) is 11.1. The molecule has 0 saturated heterocycles. The topological polar surface area (TPSA) is 30.7 Å². The molecule has 8 heteroatoms. The average Bonchev–Trinajstić information content (AvgIpc) is 2.56. The summed E-state index contributed by atoms with van der Waals surface area (Å²) in [6.07, 6.45) is 0.672. The molecule has 1 aromatic rings. The van der Waals surface area contributed by atoms with Gasteiger partial charge in [0.25, 0.3) is 0 Å². The van der Waals surface area contributed by atoms with Gasteiger partial charge in [0.15, 0.2) is 0 Å². The zero-order chi connectivity index (χ0) is 15.1. The normalized spacial score (nSPS) is 13.9. The second kappa shape index (κ2) is 5.76. The molecular formula is C11H16Cl5N3. The molecular weight excluding hydrogens is 351 g/mol. The molecule has 1 aromatic heterocycles. The first-order valence-corrected chi connectivity index (χ1v) is 7.66. The van der Waals surface area contributed by atoms with Crippen LogP contribution in [0.3, 0.4) is 0 Å². The lowest BCUT2D eigenvalue weighted by Crippen LogP contribution is -2.31. The first-order valence-electron chi connectivity index (χ1n) is 5.77. The monoisotopic (exact) mass is 365 g/mol. The van der Waals surface area contributed by atoms with Crippen LogP contribution >= 0.6 is 58.0 Å². The van der Waals surface area contributed by atoms with E-state index in [4.69, 9.17) is 58.0 Å². The molecule has 0 spiro atoms. The molecule has 0 aromatic carbocycles. The second-order valence-electron chi connectivity index (χ2n) is 5.51. The number of aryl methyl sites for hydroxylation is 1. The van der Waals surface area contributed by atoms with Crippen LogP contribution in [-0.4, -0.2) is 18.8 Å². The van der Waals surface area contributed by atoms with Crippen molar-refractivity contribution in [1.82, 2.24) is 15.0 Å². The summed E-state index contributed by atoms with van der Waals surface area (Å²) in [6.45, 7) is 8.85. The van der Waals surface area contributed by atoms with Gasteiger partial charge in [-0.1, -0.05) is 84.0 Å². The molecule has 0 aliphatic carbocycles. The van der Waals surface area contributed by atoms with E-state index in [-0.39, 0.29) is 5.41 Å². The van der Waals surface area contributed by atoms with Crippen molar-refractivity contribution in [3.63, 3.8) is 0 Å². The molecule has 110 valence electrons. The molecule has 0 radical (unpaired) electrons. The maximum absolute atomic E-state index is 6.20. The molecule has 19 heavy (non-hydrogen) atoms. The lowest BCUT2D eigenvalue weighted by atomic mass is 9.89. The van der Waals surface area contributed by atoms with Crippen molar-refractivity contribution in [3.05, 3.63) is 11.4 Å². The first kappa shape index (κ1) is 17.6. The number of halogens is 5. The van der Waals surface area contributed by atoms with E-state index >= 15 is 0 Å². The number of hydrogen-bond acceptors (Lipinski definition) is 2. The minimum Gasteiger partial charge on any atom is -0.249 e. The molecule has 0 fully saturated rings. The van der Waals surface area contributed by atoms with Gasteiger partial charge >= 0.3 is 0 Å². The molecule has 0 bridgehead atoms. The molecule has 3 nitrogen and oxygen atoms in total. The summed E-state index contributed by atoms with van der Waals surface area (Å²) >= 11 is 29.9. The third-order valence-electron chi connectivity index (χ3n) is 2.49. The van der Waals surface area contributed by atoms with E-state index in [2.05, 4.69) is 31.1 Å². The summed E-state index contributed by atoms with van der Waals surface area (Å²) < 4.78 is -1.92. The third kappa shape index (κ3) is 4.04. The van der Waals surface area contributed by atoms with Crippen LogP contribution in [0.25, 0.3) is 0 Å². The molecule has 1 heterocycles. The van der Waals surface area contributed by atoms with Crippen molar-refractivity contribution in [2.75, 3.05) is 0 Å². The van der Waals surface area contributed by atoms with Gasteiger partial charge in [-0.2, -0.15) is 0 Å². The van der Waals surface area contributed by atoms with Crippen molar-refractivity contribution in [2.45, 2.75) is 48.8 Å². The molecule has 0 unspecified atom stereocenters. The van der Waals surface area contributed by atoms with Gasteiger partial charge in [-0.3, -0.25) is 0 Å². The molecule has 0 atom stereocenters. The van der Waals surface area contributed by atoms with Crippen molar-refractivity contribution in [2.24, 2.45) is 5.41 Å². The highest BCUT2D eigenvalue weighted by molar-refractivity contribution is 6.75. The Morgan fingerprint density at radius 1 is 1.05 bits per heavy atom. The summed E-state index contributed by atoms with van der Waals surface area (Å²) in [5.74, 6) is 0. The highest BCUT2D eigenvalue weighted by Crippen LogP contribution is 2.53. The molecule has 0 saturated carbocycles. The Labute approximate surface area is 138 Å². The van der Waals surface area contributed by atoms with Crippen LogP contribution in [0.2, 0.25) is 0 Å². The number of hydrogen-bond donors (Lipinski definition) is 0. The largest absolute Gasteiger partial charge is 0.249 e. The summed E-state index contributed by atoms with van der Waals surface area (Å²) in [5, 5.41) is 8.03. The fourth-order valence-electron chi connectivity index (χ4n) is 1.64. The minimum absolute atomic E-state index is 0.000833. The van der Waals surface area contributed by atoms with Gasteiger partial charge in [-0.15, -0.1) is 5.10 Å². The SMILES string of the molecule is CCn1nnc(C(Cl)(Cl)C(Cl)(Cl)Cl)c1CC(C)(C)C. The second-order valence-corrected chi connectivity index (χ2v) is 9.12. The third-order valence-corrected chi connectivity index (χ3v) is 4.84. The Morgan fingerprint density at radius 2 is 1.58 bits per heavy atom. The van der Waals surface area contributed by atoms with Crippen molar-refractivity contribution < 1.29 is 0 Å². The molecule has 0 N–H and O–H groups in total. The Hall–Kier alpha value is 0.590. The van der Waals surface area contributed by atoms with Crippen molar-refractivity contribution in [1.29, 1.82) is 0 Å². The van der Waals surface area contributed by atoms with E-state index in [0.29, 0.717) is 18.7 Å². The summed E-state index contributed by atoms with van der Waals surface area (Å²) in [5.41, 5.74) is 1.08. The van der Waals surface area contributed by atoms with Crippen molar-refractivity contribution >= 4 is 58.0 Å². The van der Waals surface area contributed by atoms with Crippen LogP contribution in [0, 0.1) is 5.41 Å². The maximum atomic E-state index is 6.20. The van der Waals surface area contributed by atoms with Crippen molar-refractivity contribution in [3.8, 4) is 0 Å². The van der Waals surface area contributed by atoms with Crippen LogP contribution in [0.15, 0.2) is 0 Å². The van der Waals surface area contributed by atoms with Gasteiger partial charge in [0, 0.05) is 6.54 Å². The molecule has 0 amide bonds. The van der Waals surface area contributed by atoms with E-state index in [1.807, 2.05) is 6.92 Å². The van der Waals surface area contributed by atoms with Crippen LogP contribution in [0.5, 0.6) is 0 Å². The highest BCUT2D eigenvalue weighted by atomic mass is 35.6. The number of rotatable bonds is 3. The van der Waals surface area contributed by atoms with Crippen LogP contribution in [0.4, 0.5) is 0 Å². The van der Waals surface area contributed by atoms with Crippen LogP contribution < -0.4 is 0 Å². The van der Waals surface area contributed by atoms with E-state index in [1.54, 1.807) is 4.68 Å². The van der Waals surface area contributed by atoms with E-state index < -0.39 is 8.13 Å². The lowest BCUT2D eigenvalue weighted by molar-refractivity contribution is 0.391. The quantitative estimate of drug-likeness (QED) is 0.712. The number of nitrogens with zero attached hydrogens (tertiary/aromatic N) is 3. The van der Waals surface area contributed by atoms with Gasteiger partial charge < -0.3 is 0 Å². The van der Waals surface area contributed by atoms with Crippen LogP contribution in [-0.2, 0) is 17.3 Å². The van der Waals surface area contributed by atoms with Gasteiger partial charge in [0.05, 0.1) is 5.69 Å². The summed E-state index contributed by atoms with van der Waals surface area (Å²) in [4.78, 5) is 0. The Morgan fingerprint density at radius 3 is 1.95 bits per heavy atom. The number of aromatic nitrogens is 3. The van der Waals surface area contributed by atoms with Crippen LogP contribution in [0.1, 0.15) is 39.1 Å². The lowest BCUT2D eigenvalue weighted by Gasteiger charge is -2.28.